The van der Waals surface area contributed by atoms with Crippen molar-refractivity contribution in [1.29, 1.82) is 0 Å². The van der Waals surface area contributed by atoms with Crippen LogP contribution in [0.2, 0.25) is 5.02 Å². The number of hydrogen-bond donors (Lipinski definition) is 0. The standard InChI is InChI=1S/C21H21ClN2O4S2/c22-16-8-9-18-19(11-16)29-21(23-18)24(12-17-7-4-10-28-17)20(25)14-30(26,27)13-15-5-2-1-3-6-15/h1-3,5-6,8-9,11,17H,4,7,10,12-14H2. The van der Waals surface area contributed by atoms with Crippen molar-refractivity contribution >= 4 is 54.0 Å². The molecule has 0 N–H and O–H groups in total. The number of anilines is 1. The molecule has 1 aromatic heterocycles. The monoisotopic (exact) mass is 464 g/mol. The van der Waals surface area contributed by atoms with Gasteiger partial charge in [-0.1, -0.05) is 53.3 Å². The Kier molecular flexibility index (Phi) is 6.38. The summed E-state index contributed by atoms with van der Waals surface area (Å²) in [5, 5.41) is 1.04. The number of nitrogens with zero attached hydrogens (tertiary/aromatic N) is 2. The molecule has 6 nitrogen and oxygen atoms in total. The van der Waals surface area contributed by atoms with Crippen LogP contribution in [0.25, 0.3) is 10.2 Å². The van der Waals surface area contributed by atoms with Crippen LogP contribution in [0.4, 0.5) is 5.13 Å². The second-order valence-electron chi connectivity index (χ2n) is 7.27. The first-order chi connectivity index (χ1) is 14.4. The summed E-state index contributed by atoms with van der Waals surface area (Å²) in [4.78, 5) is 19.1. The van der Waals surface area contributed by atoms with Crippen molar-refractivity contribution in [2.75, 3.05) is 23.8 Å². The van der Waals surface area contributed by atoms with Gasteiger partial charge in [-0.2, -0.15) is 0 Å². The number of sulfone groups is 1. The first kappa shape index (κ1) is 21.2. The lowest BCUT2D eigenvalue weighted by Crippen LogP contribution is -2.41. The van der Waals surface area contributed by atoms with Gasteiger partial charge in [-0.15, -0.1) is 0 Å². The fraction of sp³-hybridized carbons (Fsp3) is 0.333. The van der Waals surface area contributed by atoms with Crippen molar-refractivity contribution in [3.63, 3.8) is 0 Å². The smallest absolute Gasteiger partial charge is 0.244 e. The summed E-state index contributed by atoms with van der Waals surface area (Å²) in [5.74, 6) is -1.25. The minimum atomic E-state index is -3.63. The van der Waals surface area contributed by atoms with Crippen LogP contribution in [0.15, 0.2) is 48.5 Å². The molecule has 4 rings (SSSR count). The minimum absolute atomic E-state index is 0.124. The van der Waals surface area contributed by atoms with Gasteiger partial charge in [0, 0.05) is 11.6 Å². The second-order valence-corrected chi connectivity index (χ2v) is 10.8. The molecule has 2 aromatic carbocycles. The average molecular weight is 465 g/mol. The van der Waals surface area contributed by atoms with Crippen molar-refractivity contribution in [3.8, 4) is 0 Å². The maximum absolute atomic E-state index is 13.1. The Labute approximate surface area is 184 Å². The topological polar surface area (TPSA) is 76.6 Å². The molecule has 9 heteroatoms. The molecule has 1 unspecified atom stereocenters. The maximum Gasteiger partial charge on any atom is 0.244 e. The summed E-state index contributed by atoms with van der Waals surface area (Å²) >= 11 is 7.39. The number of benzene rings is 2. The van der Waals surface area contributed by atoms with Crippen molar-refractivity contribution < 1.29 is 17.9 Å². The quantitative estimate of drug-likeness (QED) is 0.526. The number of rotatable bonds is 7. The van der Waals surface area contributed by atoms with Crippen molar-refractivity contribution in [2.45, 2.75) is 24.7 Å². The number of aromatic nitrogens is 1. The van der Waals surface area contributed by atoms with Gasteiger partial charge in [-0.3, -0.25) is 9.69 Å². The lowest BCUT2D eigenvalue weighted by molar-refractivity contribution is -0.116. The van der Waals surface area contributed by atoms with Crippen molar-refractivity contribution in [1.82, 2.24) is 4.98 Å². The molecule has 0 spiro atoms. The molecular formula is C21H21ClN2O4S2. The number of carbonyl (C=O) groups is 1. The number of fused-ring (bicyclic) bond motifs is 1. The molecule has 158 valence electrons. The third-order valence-corrected chi connectivity index (χ3v) is 7.59. The Morgan fingerprint density at radius 3 is 2.77 bits per heavy atom. The third-order valence-electron chi connectivity index (χ3n) is 4.85. The highest BCUT2D eigenvalue weighted by atomic mass is 35.5. The Balaban J connectivity index is 1.58. The molecule has 3 aromatic rings. The van der Waals surface area contributed by atoms with E-state index in [2.05, 4.69) is 4.98 Å². The van der Waals surface area contributed by atoms with Crippen molar-refractivity contribution in [3.05, 3.63) is 59.1 Å². The molecule has 0 saturated carbocycles. The molecule has 1 amide bonds. The number of amides is 1. The highest BCUT2D eigenvalue weighted by molar-refractivity contribution is 7.91. The number of hydrogen-bond acceptors (Lipinski definition) is 6. The molecule has 1 saturated heterocycles. The molecule has 0 radical (unpaired) electrons. The van der Waals surface area contributed by atoms with E-state index in [-0.39, 0.29) is 18.4 Å². The van der Waals surface area contributed by atoms with Crippen molar-refractivity contribution in [2.24, 2.45) is 0 Å². The Morgan fingerprint density at radius 1 is 1.23 bits per heavy atom. The summed E-state index contributed by atoms with van der Waals surface area (Å²) in [7, 11) is -3.63. The number of halogens is 1. The molecule has 1 aliphatic heterocycles. The van der Waals surface area contributed by atoms with Gasteiger partial charge in [0.1, 0.15) is 5.75 Å². The number of carbonyl (C=O) groups excluding carboxylic acids is 1. The average Bonchev–Trinajstić information content (AvgIpc) is 3.35. The van der Waals surface area contributed by atoms with Gasteiger partial charge in [0.15, 0.2) is 15.0 Å². The third kappa shape index (κ3) is 5.18. The fourth-order valence-corrected chi connectivity index (χ4v) is 6.03. The molecule has 1 fully saturated rings. The van der Waals surface area contributed by atoms with Crippen LogP contribution in [0.5, 0.6) is 0 Å². The molecule has 30 heavy (non-hydrogen) atoms. The van der Waals surface area contributed by atoms with Crippen LogP contribution in [-0.4, -0.2) is 44.3 Å². The lowest BCUT2D eigenvalue weighted by atomic mass is 10.2. The van der Waals surface area contributed by atoms with Gasteiger partial charge in [0.05, 0.1) is 28.6 Å². The van der Waals surface area contributed by atoms with E-state index >= 15 is 0 Å². The Morgan fingerprint density at radius 2 is 2.03 bits per heavy atom. The molecule has 1 aliphatic rings. The zero-order valence-electron chi connectivity index (χ0n) is 16.2. The van der Waals surface area contributed by atoms with E-state index < -0.39 is 21.5 Å². The van der Waals surface area contributed by atoms with E-state index in [1.165, 1.54) is 16.2 Å². The van der Waals surface area contributed by atoms with E-state index in [4.69, 9.17) is 16.3 Å². The predicted molar refractivity (Wildman–Crippen MR) is 120 cm³/mol. The first-order valence-corrected chi connectivity index (χ1v) is 12.6. The van der Waals surface area contributed by atoms with Crippen LogP contribution in [0.1, 0.15) is 18.4 Å². The van der Waals surface area contributed by atoms with E-state index in [1.807, 2.05) is 6.07 Å². The maximum atomic E-state index is 13.1. The predicted octanol–water partition coefficient (Wildman–Crippen LogP) is 4.08. The highest BCUT2D eigenvalue weighted by Gasteiger charge is 2.29. The largest absolute Gasteiger partial charge is 0.376 e. The first-order valence-electron chi connectivity index (χ1n) is 9.62. The molecule has 0 bridgehead atoms. The molecule has 2 heterocycles. The van der Waals surface area contributed by atoms with Crippen LogP contribution in [-0.2, 0) is 25.1 Å². The fourth-order valence-electron chi connectivity index (χ4n) is 3.43. The number of ether oxygens (including phenoxy) is 1. The van der Waals surface area contributed by atoms with Crippen LogP contribution < -0.4 is 4.90 Å². The van der Waals surface area contributed by atoms with Crippen LogP contribution in [0, 0.1) is 0 Å². The normalized spacial score (nSPS) is 16.8. The molecular weight excluding hydrogens is 444 g/mol. The Hall–Kier alpha value is -2.00. The van der Waals surface area contributed by atoms with Gasteiger partial charge in [0.2, 0.25) is 5.91 Å². The van der Waals surface area contributed by atoms with Gasteiger partial charge in [-0.05, 0) is 36.6 Å². The van der Waals surface area contributed by atoms with E-state index in [9.17, 15) is 13.2 Å². The van der Waals surface area contributed by atoms with Crippen LogP contribution >= 0.6 is 22.9 Å². The summed E-state index contributed by atoms with van der Waals surface area (Å²) in [6, 6.07) is 14.2. The summed E-state index contributed by atoms with van der Waals surface area (Å²) in [5.41, 5.74) is 1.38. The molecule has 1 atom stereocenters. The van der Waals surface area contributed by atoms with E-state index in [0.717, 1.165) is 23.1 Å². The van der Waals surface area contributed by atoms with Crippen LogP contribution in [0.3, 0.4) is 0 Å². The molecule has 0 aliphatic carbocycles. The highest BCUT2D eigenvalue weighted by Crippen LogP contribution is 2.32. The van der Waals surface area contributed by atoms with E-state index in [0.29, 0.717) is 22.3 Å². The van der Waals surface area contributed by atoms with Gasteiger partial charge >= 0.3 is 0 Å². The van der Waals surface area contributed by atoms with Gasteiger partial charge < -0.3 is 4.74 Å². The SMILES string of the molecule is O=C(CS(=O)(=O)Cc1ccccc1)N(CC1CCCO1)c1nc2ccc(Cl)cc2s1. The summed E-state index contributed by atoms with van der Waals surface area (Å²) in [6.45, 7) is 0.932. The second kappa shape index (κ2) is 9.01. The van der Waals surface area contributed by atoms with Gasteiger partial charge in [0.25, 0.3) is 0 Å². The summed E-state index contributed by atoms with van der Waals surface area (Å²) in [6.07, 6.45) is 1.63. The lowest BCUT2D eigenvalue weighted by Gasteiger charge is -2.23. The van der Waals surface area contributed by atoms with Gasteiger partial charge in [-0.25, -0.2) is 13.4 Å². The zero-order valence-corrected chi connectivity index (χ0v) is 18.5. The van der Waals surface area contributed by atoms with E-state index in [1.54, 1.807) is 42.5 Å². The minimum Gasteiger partial charge on any atom is -0.376 e. The summed E-state index contributed by atoms with van der Waals surface area (Å²) < 4.78 is 31.9. The Bertz CT molecular complexity index is 1140. The zero-order chi connectivity index (χ0) is 21.1. The number of thiazole rings is 1.